The molecule has 3 fully saturated rings. The van der Waals surface area contributed by atoms with Gasteiger partial charge in [-0.3, -0.25) is 14.6 Å². The van der Waals surface area contributed by atoms with Crippen molar-refractivity contribution in [1.82, 2.24) is 20.1 Å². The van der Waals surface area contributed by atoms with E-state index in [1.54, 1.807) is 6.92 Å². The number of para-hydroxylation sites is 1. The van der Waals surface area contributed by atoms with Gasteiger partial charge in [-0.2, -0.15) is 0 Å². The van der Waals surface area contributed by atoms with Gasteiger partial charge in [-0.15, -0.1) is 0 Å². The second-order valence-electron chi connectivity index (χ2n) is 15.5. The van der Waals surface area contributed by atoms with Crippen LogP contribution in [0.25, 0.3) is 10.9 Å². The second-order valence-corrected chi connectivity index (χ2v) is 15.5. The fourth-order valence-corrected chi connectivity index (χ4v) is 11.6. The summed E-state index contributed by atoms with van der Waals surface area (Å²) in [5.74, 6) is 0.770. The minimum Gasteiger partial charge on any atom is -0.391 e. The van der Waals surface area contributed by atoms with Gasteiger partial charge in [0.2, 0.25) is 0 Å². The molecular formula is C39H54N4O2. The number of piperidine rings is 1. The van der Waals surface area contributed by atoms with Crippen molar-refractivity contribution in [1.29, 1.82) is 0 Å². The van der Waals surface area contributed by atoms with Crippen molar-refractivity contribution in [3.8, 4) is 0 Å². The molecule has 2 bridgehead atoms. The van der Waals surface area contributed by atoms with Crippen LogP contribution in [0.1, 0.15) is 101 Å². The minimum atomic E-state index is -0.438. The van der Waals surface area contributed by atoms with Gasteiger partial charge in [-0.25, -0.2) is 0 Å². The number of aliphatic hydroxyl groups excluding tert-OH is 1. The summed E-state index contributed by atoms with van der Waals surface area (Å²) in [4.78, 5) is 22.3. The largest absolute Gasteiger partial charge is 0.391 e. The number of hydrogen-bond acceptors (Lipinski definition) is 5. The Kier molecular flexibility index (Phi) is 8.08. The molecule has 1 aromatic carbocycles. The third-order valence-electron chi connectivity index (χ3n) is 13.2. The van der Waals surface area contributed by atoms with Crippen LogP contribution in [0.15, 0.2) is 48.6 Å². The summed E-state index contributed by atoms with van der Waals surface area (Å²) >= 11 is 0. The zero-order chi connectivity index (χ0) is 30.6. The number of H-pyrrole nitrogens is 1. The fourth-order valence-electron chi connectivity index (χ4n) is 11.6. The Morgan fingerprint density at radius 3 is 2.60 bits per heavy atom. The lowest BCUT2D eigenvalue weighted by molar-refractivity contribution is -0.174. The summed E-state index contributed by atoms with van der Waals surface area (Å²) in [6.07, 6.45) is 23.3. The van der Waals surface area contributed by atoms with Crippen LogP contribution in [0.5, 0.6) is 0 Å². The van der Waals surface area contributed by atoms with Crippen LogP contribution in [0.3, 0.4) is 0 Å². The summed E-state index contributed by atoms with van der Waals surface area (Å²) in [7, 11) is 0. The predicted octanol–water partition coefficient (Wildman–Crippen LogP) is 6.47. The molecule has 2 aromatic rings. The summed E-state index contributed by atoms with van der Waals surface area (Å²) in [5.41, 5.74) is 3.75. The highest BCUT2D eigenvalue weighted by molar-refractivity contribution is 5.85. The lowest BCUT2D eigenvalue weighted by Crippen LogP contribution is -2.74. The maximum Gasteiger partial charge on any atom is 0.131 e. The molecular weight excluding hydrogens is 556 g/mol. The molecule has 1 aromatic heterocycles. The Bertz CT molecular complexity index is 1460. The van der Waals surface area contributed by atoms with Gasteiger partial charge in [0.15, 0.2) is 0 Å². The molecule has 2 saturated heterocycles. The van der Waals surface area contributed by atoms with Gasteiger partial charge in [0.25, 0.3) is 0 Å². The van der Waals surface area contributed by atoms with Crippen LogP contribution in [-0.4, -0.2) is 75.6 Å². The molecule has 6 heteroatoms. The molecule has 1 saturated carbocycles. The van der Waals surface area contributed by atoms with Crippen LogP contribution in [0.4, 0.5) is 0 Å². The predicted molar refractivity (Wildman–Crippen MR) is 181 cm³/mol. The normalized spacial score (nSPS) is 39.2. The Balaban J connectivity index is 1.33. The number of benzene rings is 1. The first kappa shape index (κ1) is 30.1. The SMILES string of the molecule is CC(=O)CC1CC2C(C3c4[nH]c5ccccc5c4CCN13)C(O)C13CCC=CCCCCN1CC21CCC=CCCCCNC13. The Morgan fingerprint density at radius 2 is 1.76 bits per heavy atom. The highest BCUT2D eigenvalue weighted by atomic mass is 16.3. The maximum absolute atomic E-state index is 13.3. The van der Waals surface area contributed by atoms with Gasteiger partial charge < -0.3 is 15.4 Å². The van der Waals surface area contributed by atoms with E-state index >= 15 is 0 Å². The first-order chi connectivity index (χ1) is 22.0. The van der Waals surface area contributed by atoms with Crippen molar-refractivity contribution in [3.63, 3.8) is 0 Å². The zero-order valence-electron chi connectivity index (χ0n) is 27.4. The molecule has 8 unspecified atom stereocenters. The van der Waals surface area contributed by atoms with Crippen LogP contribution in [-0.2, 0) is 11.2 Å². The van der Waals surface area contributed by atoms with Crippen LogP contribution in [0, 0.1) is 17.3 Å². The summed E-state index contributed by atoms with van der Waals surface area (Å²) in [6, 6.07) is 9.38. The van der Waals surface area contributed by atoms with Crippen molar-refractivity contribution in [2.75, 3.05) is 26.2 Å². The number of nitrogens with zero attached hydrogens (tertiary/aromatic N) is 2. The van der Waals surface area contributed by atoms with Gasteiger partial charge in [0.1, 0.15) is 5.78 Å². The third kappa shape index (κ3) is 4.76. The molecule has 3 N–H and O–H groups in total. The van der Waals surface area contributed by atoms with E-state index in [2.05, 4.69) is 68.7 Å². The molecule has 45 heavy (non-hydrogen) atoms. The number of allylic oxidation sites excluding steroid dienone is 4. The number of nitrogens with one attached hydrogen (secondary N) is 2. The van der Waals surface area contributed by atoms with E-state index in [1.165, 1.54) is 54.3 Å². The number of carbonyl (C=O) groups is 1. The highest BCUT2D eigenvalue weighted by Crippen LogP contribution is 2.66. The molecule has 6 heterocycles. The zero-order valence-corrected chi connectivity index (χ0v) is 27.4. The van der Waals surface area contributed by atoms with Crippen molar-refractivity contribution in [2.24, 2.45) is 17.3 Å². The molecule has 8 rings (SSSR count). The first-order valence-corrected chi connectivity index (χ1v) is 18.4. The molecule has 242 valence electrons. The van der Waals surface area contributed by atoms with E-state index in [9.17, 15) is 9.90 Å². The smallest absolute Gasteiger partial charge is 0.131 e. The van der Waals surface area contributed by atoms with Crippen molar-refractivity contribution >= 4 is 16.7 Å². The lowest BCUT2D eigenvalue weighted by Gasteiger charge is -2.64. The summed E-state index contributed by atoms with van der Waals surface area (Å²) < 4.78 is 0. The van der Waals surface area contributed by atoms with Crippen molar-refractivity contribution in [2.45, 2.75) is 120 Å². The lowest BCUT2D eigenvalue weighted by atomic mass is 9.48. The number of aromatic amines is 1. The van der Waals surface area contributed by atoms with E-state index < -0.39 is 6.10 Å². The van der Waals surface area contributed by atoms with Crippen molar-refractivity contribution < 1.29 is 9.90 Å². The second kappa shape index (κ2) is 12.1. The van der Waals surface area contributed by atoms with Gasteiger partial charge in [-0.1, -0.05) is 42.5 Å². The molecule has 5 aliphatic heterocycles. The minimum absolute atomic E-state index is 0.0566. The number of hydrogen-bond donors (Lipinski definition) is 3. The topological polar surface area (TPSA) is 71.6 Å². The molecule has 0 amide bonds. The van der Waals surface area contributed by atoms with Crippen molar-refractivity contribution in [3.05, 3.63) is 59.8 Å². The fraction of sp³-hybridized carbons (Fsp3) is 0.667. The van der Waals surface area contributed by atoms with E-state index in [4.69, 9.17) is 0 Å². The average molecular weight is 611 g/mol. The number of aromatic nitrogens is 1. The molecule has 6 aliphatic rings. The quantitative estimate of drug-likeness (QED) is 0.340. The van der Waals surface area contributed by atoms with Gasteiger partial charge >= 0.3 is 0 Å². The number of Topliss-reactive ketones (excluding diaryl/α,β-unsaturated/α-hetero) is 1. The van der Waals surface area contributed by atoms with Crippen LogP contribution >= 0.6 is 0 Å². The van der Waals surface area contributed by atoms with E-state index in [0.29, 0.717) is 18.1 Å². The van der Waals surface area contributed by atoms with E-state index in [0.717, 1.165) is 71.1 Å². The number of fused-ring (bicyclic) bond motifs is 7. The number of aliphatic hydroxyl groups is 1. The number of ketones is 1. The van der Waals surface area contributed by atoms with Gasteiger partial charge in [0.05, 0.1) is 17.7 Å². The molecule has 6 nitrogen and oxygen atoms in total. The number of carbonyl (C=O) groups excluding carboxylic acids is 1. The summed E-state index contributed by atoms with van der Waals surface area (Å²) in [5, 5.41) is 18.9. The standard InChI is InChI=1S/C39H54N4O2/c1-27(44)24-28-25-31-33(35-34-30(18-23-43(28)35)29-16-10-11-17-32(29)41-34)36(45)39-20-13-7-3-5-9-15-22-42(39)26-38(31)19-12-6-2-4-8-14-21-40-37(38)39/h2-3,6-7,10-11,16-17,28,31,33,35-37,40-41,45H,4-5,8-9,12-15,18-26H2,1H3. The molecule has 1 spiro atoms. The first-order valence-electron chi connectivity index (χ1n) is 18.4. The summed E-state index contributed by atoms with van der Waals surface area (Å²) in [6.45, 7) is 5.91. The average Bonchev–Trinajstić information content (AvgIpc) is 3.51. The molecule has 1 aliphatic carbocycles. The van der Waals surface area contributed by atoms with Crippen LogP contribution in [0.2, 0.25) is 0 Å². The van der Waals surface area contributed by atoms with E-state index in [1.807, 2.05) is 0 Å². The third-order valence-corrected chi connectivity index (χ3v) is 13.2. The Morgan fingerprint density at radius 1 is 0.978 bits per heavy atom. The Hall–Kier alpha value is -2.25. The molecule has 8 atom stereocenters. The van der Waals surface area contributed by atoms with Crippen LogP contribution < -0.4 is 5.32 Å². The monoisotopic (exact) mass is 610 g/mol. The van der Waals surface area contributed by atoms with Gasteiger partial charge in [0, 0.05) is 59.5 Å². The maximum atomic E-state index is 13.3. The highest BCUT2D eigenvalue weighted by Gasteiger charge is 2.74. The number of rotatable bonds is 2. The Labute approximate surface area is 269 Å². The van der Waals surface area contributed by atoms with E-state index in [-0.39, 0.29) is 35.0 Å². The van der Waals surface area contributed by atoms with Gasteiger partial charge in [-0.05, 0) is 115 Å². The molecule has 0 radical (unpaired) electrons.